The van der Waals surface area contributed by atoms with Crippen molar-refractivity contribution in [3.8, 4) is 11.8 Å². The van der Waals surface area contributed by atoms with Crippen molar-refractivity contribution < 1.29 is 19.0 Å². The summed E-state index contributed by atoms with van der Waals surface area (Å²) < 4.78 is 19.7. The van der Waals surface area contributed by atoms with Gasteiger partial charge in [-0.3, -0.25) is 5.01 Å². The molecule has 2 aromatic rings. The van der Waals surface area contributed by atoms with E-state index in [0.29, 0.717) is 5.01 Å². The minimum absolute atomic E-state index is 0.0405. The monoisotopic (exact) mass is 391 g/mol. The van der Waals surface area contributed by atoms with Gasteiger partial charge < -0.3 is 20.9 Å². The van der Waals surface area contributed by atoms with Crippen LogP contribution in [0.25, 0.3) is 0 Å². The van der Waals surface area contributed by atoms with E-state index in [2.05, 4.69) is 15.3 Å². The molecule has 2 rings (SSSR count). The minimum Gasteiger partial charge on any atom is -0.489 e. The minimum atomic E-state index is -0.815. The predicted molar refractivity (Wildman–Crippen MR) is 97.4 cm³/mol. The van der Waals surface area contributed by atoms with Crippen LogP contribution < -0.4 is 32.5 Å². The number of hydrogen-bond acceptors (Lipinski definition) is 10. The number of nitriles is 1. The quantitative estimate of drug-likeness (QED) is 0.250. The summed E-state index contributed by atoms with van der Waals surface area (Å²) in [7, 11) is 1.27. The van der Waals surface area contributed by atoms with Gasteiger partial charge in [-0.15, -0.1) is 0 Å². The van der Waals surface area contributed by atoms with Crippen molar-refractivity contribution in [3.63, 3.8) is 0 Å². The van der Waals surface area contributed by atoms with Crippen LogP contribution in [-0.2, 0) is 0 Å². The lowest BCUT2D eigenvalue weighted by molar-refractivity contribution is 0.200. The highest BCUT2D eigenvalue weighted by Crippen LogP contribution is 2.34. The van der Waals surface area contributed by atoms with Crippen molar-refractivity contribution >= 4 is 29.2 Å². The van der Waals surface area contributed by atoms with E-state index in [0.717, 1.165) is 11.1 Å². The molecule has 28 heavy (non-hydrogen) atoms. The number of ether oxygens (including phenoxy) is 1. The lowest BCUT2D eigenvalue weighted by atomic mass is 10.2. The maximum absolute atomic E-state index is 14.5. The van der Waals surface area contributed by atoms with Gasteiger partial charge in [-0.05, 0) is 6.07 Å². The van der Waals surface area contributed by atoms with Gasteiger partial charge in [0, 0.05) is 13.1 Å². The number of nitrogens with zero attached hydrogens (tertiary/aromatic N) is 5. The average Bonchev–Trinajstić information content (AvgIpc) is 2.66. The zero-order chi connectivity index (χ0) is 20.8. The second-order valence-corrected chi connectivity index (χ2v) is 5.36. The third kappa shape index (κ3) is 4.51. The number of amides is 2. The van der Waals surface area contributed by atoms with Crippen molar-refractivity contribution in [1.82, 2.24) is 15.0 Å². The molecule has 0 saturated heterocycles. The Balaban J connectivity index is 2.44. The Morgan fingerprint density at radius 1 is 1.46 bits per heavy atom. The summed E-state index contributed by atoms with van der Waals surface area (Å²) in [6, 6.07) is 3.12. The molecule has 1 heterocycles. The summed E-state index contributed by atoms with van der Waals surface area (Å²) in [5, 5.41) is 21.7. The first-order valence-corrected chi connectivity index (χ1v) is 7.72. The maximum Gasteiger partial charge on any atom is 0.352 e. The first-order chi connectivity index (χ1) is 13.3. The van der Waals surface area contributed by atoms with Gasteiger partial charge in [0.25, 0.3) is 0 Å². The van der Waals surface area contributed by atoms with E-state index in [-0.39, 0.29) is 47.7 Å². The Morgan fingerprint density at radius 2 is 2.18 bits per heavy atom. The number of hydrogen-bond donors (Lipinski definition) is 5. The number of rotatable bonds is 6. The largest absolute Gasteiger partial charge is 0.489 e. The highest BCUT2D eigenvalue weighted by molar-refractivity contribution is 5.92. The topological polar surface area (TPSA) is 193 Å². The molecular weight excluding hydrogens is 373 g/mol. The first kappa shape index (κ1) is 20.6. The molecule has 1 aromatic carbocycles. The highest BCUT2D eigenvalue weighted by atomic mass is 19.1. The van der Waals surface area contributed by atoms with Crippen LogP contribution in [0.2, 0.25) is 0 Å². The number of benzene rings is 1. The molecule has 8 N–H and O–H groups in total. The lowest BCUT2D eigenvalue weighted by Gasteiger charge is -2.24. The number of nitrogen functional groups attached to an aromatic ring is 1. The molecule has 0 atom stereocenters. The van der Waals surface area contributed by atoms with E-state index in [9.17, 15) is 9.18 Å². The molecule has 0 saturated carbocycles. The summed E-state index contributed by atoms with van der Waals surface area (Å²) in [6.07, 6.45) is 1.17. The van der Waals surface area contributed by atoms with E-state index in [1.165, 1.54) is 19.3 Å². The van der Waals surface area contributed by atoms with Crippen LogP contribution in [0.4, 0.5) is 32.3 Å². The van der Waals surface area contributed by atoms with Crippen LogP contribution in [-0.4, -0.2) is 46.4 Å². The maximum atomic E-state index is 14.5. The predicted octanol–water partition coefficient (Wildman–Crippen LogP) is -0.210. The molecule has 0 aliphatic carbocycles. The van der Waals surface area contributed by atoms with Crippen molar-refractivity contribution in [2.45, 2.75) is 0 Å². The number of carbonyl (C=O) groups is 1. The molecule has 0 spiro atoms. The Kier molecular flexibility index (Phi) is 6.45. The molecule has 0 aliphatic rings. The summed E-state index contributed by atoms with van der Waals surface area (Å²) in [5.41, 5.74) is 5.48. The number of carbonyl (C=O) groups excluding carboxylic acids is 1. The number of aromatic nitrogens is 2. The molecule has 13 heteroatoms. The van der Waals surface area contributed by atoms with Crippen LogP contribution in [0.5, 0.6) is 5.75 Å². The fourth-order valence-corrected chi connectivity index (χ4v) is 2.03. The fraction of sp³-hybridized carbons (Fsp3) is 0.200. The molecule has 1 aromatic heterocycles. The zero-order valence-electron chi connectivity index (χ0n) is 14.8. The van der Waals surface area contributed by atoms with Crippen molar-refractivity contribution in [2.75, 3.05) is 36.3 Å². The van der Waals surface area contributed by atoms with Crippen LogP contribution in [0.15, 0.2) is 18.3 Å². The third-order valence-electron chi connectivity index (χ3n) is 3.35. The highest BCUT2D eigenvalue weighted by Gasteiger charge is 2.22. The fourth-order valence-electron chi connectivity index (χ4n) is 2.03. The van der Waals surface area contributed by atoms with Gasteiger partial charge in [0.1, 0.15) is 35.5 Å². The van der Waals surface area contributed by atoms with Gasteiger partial charge in [0.05, 0.1) is 18.5 Å². The third-order valence-corrected chi connectivity index (χ3v) is 3.35. The number of anilines is 4. The molecule has 2 amide bonds. The van der Waals surface area contributed by atoms with E-state index in [1.807, 2.05) is 0 Å². The smallest absolute Gasteiger partial charge is 0.352 e. The van der Waals surface area contributed by atoms with E-state index < -0.39 is 11.8 Å². The Morgan fingerprint density at radius 3 is 2.75 bits per heavy atom. The van der Waals surface area contributed by atoms with E-state index >= 15 is 0 Å². The summed E-state index contributed by atoms with van der Waals surface area (Å²) in [4.78, 5) is 19.8. The van der Waals surface area contributed by atoms with Gasteiger partial charge in [0.2, 0.25) is 5.95 Å². The van der Waals surface area contributed by atoms with Crippen molar-refractivity contribution in [2.24, 2.45) is 11.7 Å². The number of nitrogens with two attached hydrogens (primary N) is 3. The average molecular weight is 391 g/mol. The molecule has 12 nitrogen and oxygen atoms in total. The molecule has 148 valence electrons. The summed E-state index contributed by atoms with van der Waals surface area (Å²) >= 11 is 0. The molecule has 0 fully saturated rings. The second-order valence-electron chi connectivity index (χ2n) is 5.36. The van der Waals surface area contributed by atoms with Gasteiger partial charge in [-0.1, -0.05) is 0 Å². The number of urea groups is 1. The van der Waals surface area contributed by atoms with Gasteiger partial charge in [0.15, 0.2) is 5.82 Å². The molecule has 0 bridgehead atoms. The van der Waals surface area contributed by atoms with Crippen molar-refractivity contribution in [3.05, 3.63) is 29.7 Å². The van der Waals surface area contributed by atoms with Crippen LogP contribution in [0.1, 0.15) is 5.56 Å². The molecular formula is C15H18FN9O3. The zero-order valence-corrected chi connectivity index (χ0v) is 14.8. The van der Waals surface area contributed by atoms with Gasteiger partial charge in [-0.25, -0.2) is 30.9 Å². The second kappa shape index (κ2) is 8.77. The van der Waals surface area contributed by atoms with Crippen molar-refractivity contribution in [1.29, 1.82) is 5.26 Å². The standard InChI is InChI=1S/C15H18FN9O3/c1-24(19)15(27)25(20)11-5-10(9(16)4-12(11)28-3-2-26)22-14-21-7-8(6-17)13(18)23-14/h4-5,7,26H,2-3,19-20H2,1H3,(H3,18,21,22,23). The van der Waals surface area contributed by atoms with Crippen LogP contribution in [0, 0.1) is 17.1 Å². The number of aliphatic hydroxyl groups excluding tert-OH is 1. The number of aliphatic hydroxyl groups is 1. The van der Waals surface area contributed by atoms with Crippen LogP contribution in [0.3, 0.4) is 0 Å². The number of nitrogens with one attached hydrogen (secondary N) is 1. The van der Waals surface area contributed by atoms with E-state index in [1.54, 1.807) is 6.07 Å². The Labute approximate surface area is 158 Å². The summed E-state index contributed by atoms with van der Waals surface area (Å²) in [5.74, 6) is 10.1. The molecule has 0 aliphatic heterocycles. The number of hydrazine groups is 2. The molecule has 0 unspecified atom stereocenters. The van der Waals surface area contributed by atoms with Gasteiger partial charge >= 0.3 is 6.03 Å². The summed E-state index contributed by atoms with van der Waals surface area (Å²) in [6.45, 7) is -0.496. The van der Waals surface area contributed by atoms with Crippen LogP contribution >= 0.6 is 0 Å². The SMILES string of the molecule is CN(N)C(=O)N(N)c1cc(Nc2ncc(C#N)c(N)n2)c(F)cc1OCCO. The normalized spacial score (nSPS) is 10.1. The van der Waals surface area contributed by atoms with E-state index in [4.69, 9.17) is 32.5 Å². The first-order valence-electron chi connectivity index (χ1n) is 7.72. The lowest BCUT2D eigenvalue weighted by Crippen LogP contribution is -2.48. The Bertz CT molecular complexity index is 916. The Hall–Kier alpha value is -3.73. The number of halogens is 1. The molecule has 0 radical (unpaired) electrons. The van der Waals surface area contributed by atoms with Gasteiger partial charge in [-0.2, -0.15) is 10.2 Å².